The molecule has 0 bridgehead atoms. The quantitative estimate of drug-likeness (QED) is 0.734. The largest absolute Gasteiger partial charge is 0.496 e. The molecule has 1 aromatic rings. The van der Waals surface area contributed by atoms with Crippen molar-refractivity contribution in [2.75, 3.05) is 33.4 Å². The van der Waals surface area contributed by atoms with Crippen LogP contribution < -0.4 is 4.74 Å². The number of nitrogens with zero attached hydrogens (tertiary/aromatic N) is 1. The molecule has 0 saturated carbocycles. The minimum absolute atomic E-state index is 0.146. The van der Waals surface area contributed by atoms with Gasteiger partial charge in [0.25, 0.3) is 0 Å². The molecule has 2 rings (SSSR count). The van der Waals surface area contributed by atoms with Crippen molar-refractivity contribution >= 4 is 21.7 Å². The van der Waals surface area contributed by atoms with E-state index in [0.717, 1.165) is 48.3 Å². The molecule has 0 aliphatic carbocycles. The monoisotopic (exact) mass is 355 g/mol. The van der Waals surface area contributed by atoms with Crippen LogP contribution >= 0.6 is 15.9 Å². The van der Waals surface area contributed by atoms with E-state index in [1.165, 1.54) is 0 Å². The van der Waals surface area contributed by atoms with Crippen molar-refractivity contribution < 1.29 is 14.3 Å². The zero-order chi connectivity index (χ0) is 15.2. The summed E-state index contributed by atoms with van der Waals surface area (Å²) in [6.45, 7) is 5.11. The number of halogens is 1. The zero-order valence-electron chi connectivity index (χ0n) is 12.6. The number of likely N-dealkylation sites (tertiary alicyclic amines) is 1. The maximum absolute atomic E-state index is 12.3. The Balaban J connectivity index is 1.89. The number of carbonyl (C=O) groups excluding carboxylic acids is 1. The first-order chi connectivity index (χ1) is 10.1. The van der Waals surface area contributed by atoms with Crippen LogP contribution in [-0.2, 0) is 4.74 Å². The van der Waals surface area contributed by atoms with Crippen LogP contribution in [0.1, 0.15) is 30.1 Å². The number of Topliss-reactive ketones (excluding diaryl/α,β-unsaturated/α-hetero) is 1. The van der Waals surface area contributed by atoms with E-state index in [-0.39, 0.29) is 5.78 Å². The lowest BCUT2D eigenvalue weighted by atomic mass is 10.1. The van der Waals surface area contributed by atoms with Gasteiger partial charge in [0.05, 0.1) is 24.2 Å². The SMILES string of the molecule is CCOC1CCN(CC(=O)c2ccc(OC)c(Br)c2)CC1. The molecule has 0 atom stereocenters. The first-order valence-electron chi connectivity index (χ1n) is 7.34. The Morgan fingerprint density at radius 2 is 2.10 bits per heavy atom. The number of hydrogen-bond acceptors (Lipinski definition) is 4. The first-order valence-corrected chi connectivity index (χ1v) is 8.14. The molecule has 4 nitrogen and oxygen atoms in total. The van der Waals surface area contributed by atoms with E-state index in [1.54, 1.807) is 7.11 Å². The van der Waals surface area contributed by atoms with E-state index < -0.39 is 0 Å². The summed E-state index contributed by atoms with van der Waals surface area (Å²) < 4.78 is 11.6. The van der Waals surface area contributed by atoms with Gasteiger partial charge < -0.3 is 9.47 Å². The molecular formula is C16H22BrNO3. The molecule has 0 radical (unpaired) electrons. The second kappa shape index (κ2) is 7.92. The summed E-state index contributed by atoms with van der Waals surface area (Å²) in [6, 6.07) is 5.46. The summed E-state index contributed by atoms with van der Waals surface area (Å²) in [6.07, 6.45) is 2.37. The zero-order valence-corrected chi connectivity index (χ0v) is 14.2. The van der Waals surface area contributed by atoms with Crippen LogP contribution in [0.15, 0.2) is 22.7 Å². The number of methoxy groups -OCH3 is 1. The average molecular weight is 356 g/mol. The van der Waals surface area contributed by atoms with Crippen molar-refractivity contribution in [2.24, 2.45) is 0 Å². The van der Waals surface area contributed by atoms with Gasteiger partial charge in [0.1, 0.15) is 5.75 Å². The van der Waals surface area contributed by atoms with Crippen LogP contribution in [-0.4, -0.2) is 50.1 Å². The van der Waals surface area contributed by atoms with Crippen LogP contribution in [0.3, 0.4) is 0 Å². The molecule has 0 spiro atoms. The highest BCUT2D eigenvalue weighted by Crippen LogP contribution is 2.26. The van der Waals surface area contributed by atoms with E-state index in [1.807, 2.05) is 25.1 Å². The van der Waals surface area contributed by atoms with Crippen LogP contribution in [0.5, 0.6) is 5.75 Å². The molecule has 1 aliphatic rings. The van der Waals surface area contributed by atoms with Crippen molar-refractivity contribution in [1.29, 1.82) is 0 Å². The van der Waals surface area contributed by atoms with Crippen molar-refractivity contribution in [1.82, 2.24) is 4.90 Å². The predicted molar refractivity (Wildman–Crippen MR) is 86.1 cm³/mol. The van der Waals surface area contributed by atoms with Crippen LogP contribution in [0.4, 0.5) is 0 Å². The number of piperidine rings is 1. The Kier molecular flexibility index (Phi) is 6.21. The van der Waals surface area contributed by atoms with Gasteiger partial charge in [-0.3, -0.25) is 9.69 Å². The first kappa shape index (κ1) is 16.5. The average Bonchev–Trinajstić information content (AvgIpc) is 2.49. The maximum atomic E-state index is 12.3. The molecule has 1 aromatic carbocycles. The van der Waals surface area contributed by atoms with E-state index in [0.29, 0.717) is 12.6 Å². The molecular weight excluding hydrogens is 334 g/mol. The second-order valence-electron chi connectivity index (χ2n) is 5.20. The van der Waals surface area contributed by atoms with Gasteiger partial charge in [-0.05, 0) is 53.9 Å². The standard InChI is InChI=1S/C16H22BrNO3/c1-3-21-13-6-8-18(9-7-13)11-15(19)12-4-5-16(20-2)14(17)10-12/h4-5,10,13H,3,6-9,11H2,1-2H3. The fourth-order valence-electron chi connectivity index (χ4n) is 2.60. The van der Waals surface area contributed by atoms with Gasteiger partial charge in [-0.2, -0.15) is 0 Å². The Morgan fingerprint density at radius 1 is 1.38 bits per heavy atom. The van der Waals surface area contributed by atoms with Gasteiger partial charge in [0, 0.05) is 25.3 Å². The van der Waals surface area contributed by atoms with Crippen LogP contribution in [0.25, 0.3) is 0 Å². The lowest BCUT2D eigenvalue weighted by molar-refractivity contribution is 0.0147. The van der Waals surface area contributed by atoms with Gasteiger partial charge in [0.15, 0.2) is 5.78 Å². The molecule has 0 aromatic heterocycles. The lowest BCUT2D eigenvalue weighted by Crippen LogP contribution is -2.39. The van der Waals surface area contributed by atoms with Crippen LogP contribution in [0, 0.1) is 0 Å². The third-order valence-corrected chi connectivity index (χ3v) is 4.40. The molecule has 1 fully saturated rings. The second-order valence-corrected chi connectivity index (χ2v) is 6.06. The fraction of sp³-hybridized carbons (Fsp3) is 0.562. The van der Waals surface area contributed by atoms with Gasteiger partial charge >= 0.3 is 0 Å². The highest BCUT2D eigenvalue weighted by Gasteiger charge is 2.21. The summed E-state index contributed by atoms with van der Waals surface area (Å²) in [5.74, 6) is 0.886. The van der Waals surface area contributed by atoms with E-state index in [9.17, 15) is 4.79 Å². The van der Waals surface area contributed by atoms with Crippen molar-refractivity contribution in [3.8, 4) is 5.75 Å². The Labute approximate surface area is 134 Å². The van der Waals surface area contributed by atoms with Gasteiger partial charge in [0.2, 0.25) is 0 Å². The lowest BCUT2D eigenvalue weighted by Gasteiger charge is -2.31. The van der Waals surface area contributed by atoms with Gasteiger partial charge in [-0.25, -0.2) is 0 Å². The third-order valence-electron chi connectivity index (χ3n) is 3.78. The summed E-state index contributed by atoms with van der Waals surface area (Å²) >= 11 is 3.42. The van der Waals surface area contributed by atoms with Gasteiger partial charge in [-0.15, -0.1) is 0 Å². The summed E-state index contributed by atoms with van der Waals surface area (Å²) in [7, 11) is 1.62. The summed E-state index contributed by atoms with van der Waals surface area (Å²) in [5.41, 5.74) is 0.717. The molecule has 1 aliphatic heterocycles. The molecule has 1 saturated heterocycles. The number of ether oxygens (including phenoxy) is 2. The Morgan fingerprint density at radius 3 is 2.67 bits per heavy atom. The Bertz CT molecular complexity index is 484. The predicted octanol–water partition coefficient (Wildman–Crippen LogP) is 3.14. The number of ketones is 1. The fourth-order valence-corrected chi connectivity index (χ4v) is 3.14. The minimum atomic E-state index is 0.146. The molecule has 0 amide bonds. The van der Waals surface area contributed by atoms with E-state index >= 15 is 0 Å². The normalized spacial score (nSPS) is 16.9. The number of benzene rings is 1. The molecule has 0 unspecified atom stereocenters. The van der Waals surface area contributed by atoms with Gasteiger partial charge in [-0.1, -0.05) is 0 Å². The molecule has 5 heteroatoms. The third kappa shape index (κ3) is 4.53. The summed E-state index contributed by atoms with van der Waals surface area (Å²) in [4.78, 5) is 14.5. The molecule has 116 valence electrons. The van der Waals surface area contributed by atoms with Crippen LogP contribution in [0.2, 0.25) is 0 Å². The minimum Gasteiger partial charge on any atom is -0.496 e. The number of carbonyl (C=O) groups is 1. The Hall–Kier alpha value is -0.910. The van der Waals surface area contributed by atoms with E-state index in [4.69, 9.17) is 9.47 Å². The smallest absolute Gasteiger partial charge is 0.176 e. The van der Waals surface area contributed by atoms with Crippen molar-refractivity contribution in [3.63, 3.8) is 0 Å². The van der Waals surface area contributed by atoms with E-state index in [2.05, 4.69) is 20.8 Å². The molecule has 0 N–H and O–H groups in total. The topological polar surface area (TPSA) is 38.8 Å². The highest BCUT2D eigenvalue weighted by atomic mass is 79.9. The molecule has 1 heterocycles. The number of hydrogen-bond donors (Lipinski definition) is 0. The molecule has 21 heavy (non-hydrogen) atoms. The highest BCUT2D eigenvalue weighted by molar-refractivity contribution is 9.10. The summed E-state index contributed by atoms with van der Waals surface area (Å²) in [5, 5.41) is 0. The van der Waals surface area contributed by atoms with Crippen molar-refractivity contribution in [3.05, 3.63) is 28.2 Å². The van der Waals surface area contributed by atoms with Crippen molar-refractivity contribution in [2.45, 2.75) is 25.9 Å². The number of rotatable bonds is 6. The maximum Gasteiger partial charge on any atom is 0.176 e.